The maximum atomic E-state index is 13.3. The summed E-state index contributed by atoms with van der Waals surface area (Å²) in [6.07, 6.45) is 1.46. The number of ether oxygens (including phenoxy) is 2. The van der Waals surface area contributed by atoms with Gasteiger partial charge in [-0.2, -0.15) is 0 Å². The lowest BCUT2D eigenvalue weighted by molar-refractivity contribution is 0.0777. The molecule has 0 radical (unpaired) electrons. The Kier molecular flexibility index (Phi) is 6.44. The highest BCUT2D eigenvalue weighted by atomic mass is 32.2. The molecule has 1 aliphatic heterocycles. The number of carbonyl (C=O) groups excluding carboxylic acids is 1. The summed E-state index contributed by atoms with van der Waals surface area (Å²) in [5, 5.41) is 1.82. The average molecular weight is 528 g/mol. The maximum Gasteiger partial charge on any atom is 0.174 e. The Hall–Kier alpha value is -3.62. The van der Waals surface area contributed by atoms with Crippen LogP contribution in [0.2, 0.25) is 0 Å². The van der Waals surface area contributed by atoms with E-state index in [-0.39, 0.29) is 11.9 Å². The van der Waals surface area contributed by atoms with Crippen molar-refractivity contribution in [3.8, 4) is 21.9 Å². The molecule has 1 aliphatic rings. The van der Waals surface area contributed by atoms with E-state index < -0.39 is 0 Å². The van der Waals surface area contributed by atoms with Crippen LogP contribution < -0.4 is 9.47 Å². The molecule has 0 spiro atoms. The molecule has 6 nitrogen and oxygen atoms in total. The molecule has 0 bridgehead atoms. The molecule has 0 aliphatic carbocycles. The van der Waals surface area contributed by atoms with E-state index in [1.54, 1.807) is 17.7 Å². The number of nitrogens with zero attached hydrogens (tertiary/aromatic N) is 3. The smallest absolute Gasteiger partial charge is 0.174 e. The van der Waals surface area contributed by atoms with Crippen molar-refractivity contribution >= 4 is 39.1 Å². The van der Waals surface area contributed by atoms with Gasteiger partial charge in [0.25, 0.3) is 0 Å². The Morgan fingerprint density at radius 2 is 1.84 bits per heavy atom. The van der Waals surface area contributed by atoms with Gasteiger partial charge in [-0.05, 0) is 43.7 Å². The van der Waals surface area contributed by atoms with E-state index in [0.29, 0.717) is 18.9 Å². The fourth-order valence-electron chi connectivity index (χ4n) is 4.63. The summed E-state index contributed by atoms with van der Waals surface area (Å²) in [5.41, 5.74) is 3.87. The molecule has 0 fully saturated rings. The van der Waals surface area contributed by atoms with Crippen molar-refractivity contribution in [2.75, 3.05) is 12.4 Å². The largest absolute Gasteiger partial charge is 0.486 e. The fourth-order valence-corrected chi connectivity index (χ4v) is 6.55. The van der Waals surface area contributed by atoms with Crippen LogP contribution in [0.25, 0.3) is 20.7 Å². The topological polar surface area (TPSA) is 66.2 Å². The average Bonchev–Trinajstić information content (AvgIpc) is 3.49. The van der Waals surface area contributed by atoms with Gasteiger partial charge in [0.15, 0.2) is 23.4 Å². The van der Waals surface area contributed by atoms with Crippen LogP contribution in [0.3, 0.4) is 0 Å². The highest BCUT2D eigenvalue weighted by molar-refractivity contribution is 8.00. The number of ketones is 1. The number of hydrogen-bond donors (Lipinski definition) is 0. The van der Waals surface area contributed by atoms with E-state index in [9.17, 15) is 4.79 Å². The minimum Gasteiger partial charge on any atom is -0.486 e. The lowest BCUT2D eigenvalue weighted by atomic mass is 10.2. The van der Waals surface area contributed by atoms with Crippen molar-refractivity contribution in [2.24, 2.45) is 0 Å². The summed E-state index contributed by atoms with van der Waals surface area (Å²) in [4.78, 5) is 24.3. The Bertz CT molecular complexity index is 1590. The number of aryl methyl sites for hydroxylation is 1. The number of aromatic nitrogens is 3. The Morgan fingerprint density at radius 3 is 2.68 bits per heavy atom. The molecular weight excluding hydrogens is 502 g/mol. The van der Waals surface area contributed by atoms with E-state index in [4.69, 9.17) is 9.47 Å². The molecule has 37 heavy (non-hydrogen) atoms. The number of hydrogen-bond acceptors (Lipinski definition) is 7. The van der Waals surface area contributed by atoms with Gasteiger partial charge < -0.3 is 14.0 Å². The van der Waals surface area contributed by atoms with Crippen molar-refractivity contribution in [2.45, 2.75) is 31.5 Å². The molecule has 1 atom stereocenters. The zero-order valence-corrected chi connectivity index (χ0v) is 22.1. The van der Waals surface area contributed by atoms with Crippen LogP contribution in [0.1, 0.15) is 21.7 Å². The third kappa shape index (κ3) is 4.74. The van der Waals surface area contributed by atoms with Gasteiger partial charge in [0.05, 0.1) is 12.3 Å². The Labute approximate surface area is 223 Å². The van der Waals surface area contributed by atoms with Gasteiger partial charge in [0, 0.05) is 27.2 Å². The second-order valence-corrected chi connectivity index (χ2v) is 11.0. The van der Waals surface area contributed by atoms with E-state index in [0.717, 1.165) is 54.1 Å². The van der Waals surface area contributed by atoms with Crippen LogP contribution in [0, 0.1) is 13.8 Å². The molecular formula is C29H25N3O3S2. The quantitative estimate of drug-likeness (QED) is 0.135. The number of fused-ring (bicyclic) bond motifs is 2. The molecule has 0 saturated heterocycles. The summed E-state index contributed by atoms with van der Waals surface area (Å²) in [6.45, 7) is 5.12. The lowest BCUT2D eigenvalue weighted by Gasteiger charge is -2.27. The van der Waals surface area contributed by atoms with Crippen LogP contribution in [0.15, 0.2) is 78.1 Å². The first-order valence-corrected chi connectivity index (χ1v) is 13.9. The molecule has 0 amide bonds. The number of carbonyl (C=O) groups is 1. The van der Waals surface area contributed by atoms with Crippen LogP contribution in [-0.4, -0.2) is 38.8 Å². The predicted octanol–water partition coefficient (Wildman–Crippen LogP) is 6.59. The van der Waals surface area contributed by atoms with Crippen molar-refractivity contribution in [3.63, 3.8) is 0 Å². The standard InChI is InChI=1S/C29H25N3O3S2/c1-18-12-22(19(2)32(18)14-21-15-34-25-10-6-7-11-26(25)35-21)24(33)16-36-28-23-13-27(20-8-4-3-5-9-20)37-29(23)31-17-30-28/h3-13,17,21H,14-16H2,1-2H3/t21-/m1/s1. The van der Waals surface area contributed by atoms with Crippen LogP contribution >= 0.6 is 23.1 Å². The molecule has 0 saturated carbocycles. The van der Waals surface area contributed by atoms with Gasteiger partial charge in [-0.25, -0.2) is 9.97 Å². The molecule has 6 rings (SSSR count). The second-order valence-electron chi connectivity index (χ2n) is 8.98. The summed E-state index contributed by atoms with van der Waals surface area (Å²) >= 11 is 3.11. The zero-order valence-electron chi connectivity index (χ0n) is 20.5. The van der Waals surface area contributed by atoms with E-state index in [1.165, 1.54) is 11.8 Å². The third-order valence-corrected chi connectivity index (χ3v) is 8.62. The number of rotatable bonds is 7. The van der Waals surface area contributed by atoms with Gasteiger partial charge in [0.1, 0.15) is 22.8 Å². The molecule has 186 valence electrons. The summed E-state index contributed by atoms with van der Waals surface area (Å²) in [7, 11) is 0. The maximum absolute atomic E-state index is 13.3. The number of Topliss-reactive ketones (excluding diaryl/α,β-unsaturated/α-hetero) is 1. The zero-order chi connectivity index (χ0) is 25.4. The van der Waals surface area contributed by atoms with Gasteiger partial charge >= 0.3 is 0 Å². The first kappa shape index (κ1) is 23.8. The number of thioether (sulfide) groups is 1. The molecule has 3 aromatic heterocycles. The number of para-hydroxylation sites is 2. The summed E-state index contributed by atoms with van der Waals surface area (Å²) in [5.74, 6) is 1.92. The van der Waals surface area contributed by atoms with Crippen molar-refractivity contribution in [3.05, 3.63) is 90.0 Å². The minimum absolute atomic E-state index is 0.0841. The molecule has 0 N–H and O–H groups in total. The lowest BCUT2D eigenvalue weighted by Crippen LogP contribution is -2.33. The van der Waals surface area contributed by atoms with Gasteiger partial charge in [-0.1, -0.05) is 54.2 Å². The van der Waals surface area contributed by atoms with E-state index >= 15 is 0 Å². The van der Waals surface area contributed by atoms with Crippen LogP contribution in [0.4, 0.5) is 0 Å². The minimum atomic E-state index is -0.122. The first-order chi connectivity index (χ1) is 18.1. The van der Waals surface area contributed by atoms with Crippen molar-refractivity contribution in [1.29, 1.82) is 0 Å². The monoisotopic (exact) mass is 527 g/mol. The third-order valence-electron chi connectivity index (χ3n) is 6.52. The molecule has 8 heteroatoms. The number of benzene rings is 2. The van der Waals surface area contributed by atoms with Crippen LogP contribution in [-0.2, 0) is 6.54 Å². The predicted molar refractivity (Wildman–Crippen MR) is 148 cm³/mol. The van der Waals surface area contributed by atoms with E-state index in [2.05, 4.69) is 32.7 Å². The molecule has 2 aromatic carbocycles. The van der Waals surface area contributed by atoms with Gasteiger partial charge in [-0.3, -0.25) is 4.79 Å². The fraction of sp³-hybridized carbons (Fsp3) is 0.207. The highest BCUT2D eigenvalue weighted by Crippen LogP contribution is 2.36. The molecule has 5 aromatic rings. The van der Waals surface area contributed by atoms with Gasteiger partial charge in [-0.15, -0.1) is 11.3 Å². The first-order valence-electron chi connectivity index (χ1n) is 12.1. The summed E-state index contributed by atoms with van der Waals surface area (Å²) < 4.78 is 14.2. The number of thiophene rings is 1. The Morgan fingerprint density at radius 1 is 1.05 bits per heavy atom. The Balaban J connectivity index is 1.17. The molecule has 4 heterocycles. The molecule has 0 unspecified atom stereocenters. The van der Waals surface area contributed by atoms with Crippen molar-refractivity contribution in [1.82, 2.24) is 14.5 Å². The van der Waals surface area contributed by atoms with E-state index in [1.807, 2.05) is 62.4 Å². The van der Waals surface area contributed by atoms with Crippen LogP contribution in [0.5, 0.6) is 11.5 Å². The normalized spacial score (nSPS) is 14.7. The van der Waals surface area contributed by atoms with Crippen molar-refractivity contribution < 1.29 is 14.3 Å². The highest BCUT2D eigenvalue weighted by Gasteiger charge is 2.24. The summed E-state index contributed by atoms with van der Waals surface area (Å²) in [6, 6.07) is 22.1. The second kappa shape index (κ2) is 10.0. The van der Waals surface area contributed by atoms with Gasteiger partial charge in [0.2, 0.25) is 0 Å². The SMILES string of the molecule is Cc1cc(C(=O)CSc2ncnc3sc(-c4ccccc4)cc23)c(C)n1C[C@@H]1COc2ccccc2O1.